The summed E-state index contributed by atoms with van der Waals surface area (Å²) in [7, 11) is 1.81. The van der Waals surface area contributed by atoms with Gasteiger partial charge in [0.15, 0.2) is 0 Å². The molecule has 2 aromatic carbocycles. The Morgan fingerprint density at radius 1 is 1.00 bits per heavy atom. The van der Waals surface area contributed by atoms with E-state index in [1.54, 1.807) is 16.9 Å². The first-order valence-electron chi connectivity index (χ1n) is 10.2. The molecule has 172 valence electrons. The summed E-state index contributed by atoms with van der Waals surface area (Å²) >= 11 is 0. The number of fused-ring (bicyclic) bond motifs is 1. The summed E-state index contributed by atoms with van der Waals surface area (Å²) in [6.07, 6.45) is 0.365. The molecule has 0 aliphatic heterocycles. The monoisotopic (exact) mass is 467 g/mol. The Labute approximate surface area is 190 Å². The Morgan fingerprint density at radius 3 is 2.50 bits per heavy atom. The van der Waals surface area contributed by atoms with E-state index in [0.29, 0.717) is 11.6 Å². The van der Waals surface area contributed by atoms with Crippen LogP contribution in [0.5, 0.6) is 0 Å². The lowest BCUT2D eigenvalue weighted by atomic mass is 10.0. The van der Waals surface area contributed by atoms with Gasteiger partial charge in [-0.05, 0) is 53.1 Å². The fourth-order valence-electron chi connectivity index (χ4n) is 3.88. The molecule has 10 heteroatoms. The molecule has 34 heavy (non-hydrogen) atoms. The highest BCUT2D eigenvalue weighted by Gasteiger charge is 2.31. The second kappa shape index (κ2) is 7.98. The first-order valence-corrected chi connectivity index (χ1v) is 10.2. The molecule has 5 rings (SSSR count). The second-order valence-corrected chi connectivity index (χ2v) is 7.96. The van der Waals surface area contributed by atoms with E-state index in [9.17, 15) is 22.4 Å². The molecule has 3 heterocycles. The third-order valence-corrected chi connectivity index (χ3v) is 5.51. The first kappa shape index (κ1) is 21.6. The van der Waals surface area contributed by atoms with E-state index in [0.717, 1.165) is 39.9 Å². The van der Waals surface area contributed by atoms with Gasteiger partial charge in [-0.25, -0.2) is 4.39 Å². The van der Waals surface area contributed by atoms with Crippen molar-refractivity contribution < 1.29 is 17.6 Å². The fraction of sp³-hybridized carbons (Fsp3) is 0.125. The van der Waals surface area contributed by atoms with Gasteiger partial charge in [0.05, 0.1) is 23.8 Å². The van der Waals surface area contributed by atoms with E-state index in [4.69, 9.17) is 0 Å². The molecule has 0 aliphatic rings. The van der Waals surface area contributed by atoms with Crippen molar-refractivity contribution in [3.8, 4) is 22.4 Å². The van der Waals surface area contributed by atoms with Gasteiger partial charge in [-0.15, -0.1) is 0 Å². The number of alkyl halides is 3. The average Bonchev–Trinajstić information content (AvgIpc) is 3.39. The maximum Gasteiger partial charge on any atom is 0.416 e. The van der Waals surface area contributed by atoms with E-state index in [-0.39, 0.29) is 12.1 Å². The molecule has 3 aromatic heterocycles. The molecule has 0 spiro atoms. The van der Waals surface area contributed by atoms with Crippen LogP contribution in [-0.2, 0) is 19.8 Å². The van der Waals surface area contributed by atoms with Crippen LogP contribution in [0.3, 0.4) is 0 Å². The summed E-state index contributed by atoms with van der Waals surface area (Å²) in [6.45, 7) is -0.189. The van der Waals surface area contributed by atoms with Gasteiger partial charge in [0, 0.05) is 36.5 Å². The number of nitrogens with zero attached hydrogens (tertiary/aromatic N) is 4. The van der Waals surface area contributed by atoms with Gasteiger partial charge in [-0.3, -0.25) is 14.6 Å². The van der Waals surface area contributed by atoms with Crippen molar-refractivity contribution in [3.63, 3.8) is 0 Å². The highest BCUT2D eigenvalue weighted by molar-refractivity contribution is 5.95. The predicted octanol–water partition coefficient (Wildman–Crippen LogP) is 5.00. The van der Waals surface area contributed by atoms with Crippen LogP contribution in [0.4, 0.5) is 17.6 Å². The van der Waals surface area contributed by atoms with Crippen molar-refractivity contribution in [3.05, 3.63) is 94.4 Å². The molecule has 0 saturated heterocycles. The maximum atomic E-state index is 13.7. The zero-order valence-electron chi connectivity index (χ0n) is 17.8. The van der Waals surface area contributed by atoms with Gasteiger partial charge >= 0.3 is 6.18 Å². The number of aromatic amines is 1. The van der Waals surface area contributed by atoms with Crippen molar-refractivity contribution in [1.29, 1.82) is 0 Å². The molecule has 0 radical (unpaired) electrons. The summed E-state index contributed by atoms with van der Waals surface area (Å²) < 4.78 is 55.6. The van der Waals surface area contributed by atoms with Crippen molar-refractivity contribution in [1.82, 2.24) is 24.5 Å². The summed E-state index contributed by atoms with van der Waals surface area (Å²) in [4.78, 5) is 12.7. The molecule has 0 fully saturated rings. The number of pyridine rings is 1. The molecule has 1 N–H and O–H groups in total. The van der Waals surface area contributed by atoms with Gasteiger partial charge in [0.25, 0.3) is 5.56 Å². The zero-order valence-corrected chi connectivity index (χ0v) is 17.8. The van der Waals surface area contributed by atoms with Crippen molar-refractivity contribution >= 4 is 10.9 Å². The number of aryl methyl sites for hydroxylation is 1. The van der Waals surface area contributed by atoms with Gasteiger partial charge in [-0.1, -0.05) is 6.07 Å². The number of H-pyrrole nitrogens is 1. The van der Waals surface area contributed by atoms with E-state index < -0.39 is 23.1 Å². The molecule has 0 atom stereocenters. The predicted molar refractivity (Wildman–Crippen MR) is 118 cm³/mol. The third-order valence-electron chi connectivity index (χ3n) is 5.51. The third kappa shape index (κ3) is 4.09. The second-order valence-electron chi connectivity index (χ2n) is 7.96. The highest BCUT2D eigenvalue weighted by atomic mass is 19.4. The fourth-order valence-corrected chi connectivity index (χ4v) is 3.88. The topological polar surface area (TPSA) is 68.5 Å². The average molecular weight is 467 g/mol. The lowest BCUT2D eigenvalue weighted by molar-refractivity contribution is -0.137. The quantitative estimate of drug-likeness (QED) is 0.379. The SMILES string of the molecule is Cn1cc(-c2n[nH]c3ccc(-c4ccn(Cc5cc(F)cc(C(F)(F)F)c5)c(=O)c4)cc23)cn1. The number of rotatable bonds is 4. The standard InChI is InChI=1S/C24H17F4N5O/c1-32-13-17(11-29-32)23-20-8-15(2-3-21(20)30-31-23)16-4-5-33(22(34)9-16)12-14-6-18(24(26,27)28)10-19(25)7-14/h2-11,13H,12H2,1H3,(H,30,31). The molecule has 0 amide bonds. The molecular formula is C24H17F4N5O. The van der Waals surface area contributed by atoms with Gasteiger partial charge in [0.2, 0.25) is 0 Å². The van der Waals surface area contributed by atoms with Gasteiger partial charge in [-0.2, -0.15) is 23.4 Å². The summed E-state index contributed by atoms with van der Waals surface area (Å²) in [6, 6.07) is 11.0. The summed E-state index contributed by atoms with van der Waals surface area (Å²) in [5.74, 6) is -1.01. The Kier molecular flexibility index (Phi) is 5.07. The molecule has 6 nitrogen and oxygen atoms in total. The molecule has 0 saturated carbocycles. The Hall–Kier alpha value is -4.21. The smallest absolute Gasteiger partial charge is 0.311 e. The number of halogens is 4. The first-order chi connectivity index (χ1) is 16.2. The van der Waals surface area contributed by atoms with E-state index in [2.05, 4.69) is 15.3 Å². The Morgan fingerprint density at radius 2 is 1.79 bits per heavy atom. The normalized spacial score (nSPS) is 11.9. The van der Waals surface area contributed by atoms with Crippen LogP contribution in [0.15, 0.2) is 71.9 Å². The maximum absolute atomic E-state index is 13.7. The number of hydrogen-bond donors (Lipinski definition) is 1. The zero-order chi connectivity index (χ0) is 24.0. The van der Waals surface area contributed by atoms with Crippen molar-refractivity contribution in [2.24, 2.45) is 7.05 Å². The number of hydrogen-bond acceptors (Lipinski definition) is 3. The van der Waals surface area contributed by atoms with Crippen LogP contribution in [0.2, 0.25) is 0 Å². The van der Waals surface area contributed by atoms with Crippen molar-refractivity contribution in [2.45, 2.75) is 12.7 Å². The van der Waals surface area contributed by atoms with Crippen LogP contribution in [-0.4, -0.2) is 24.5 Å². The molecular weight excluding hydrogens is 450 g/mol. The molecule has 5 aromatic rings. The lowest BCUT2D eigenvalue weighted by Crippen LogP contribution is -2.19. The van der Waals surface area contributed by atoms with Crippen LogP contribution in [0.25, 0.3) is 33.3 Å². The van der Waals surface area contributed by atoms with Crippen LogP contribution in [0.1, 0.15) is 11.1 Å². The van der Waals surface area contributed by atoms with E-state index in [1.165, 1.54) is 16.8 Å². The Bertz CT molecular complexity index is 1580. The molecule has 0 aliphatic carbocycles. The number of benzene rings is 2. The van der Waals surface area contributed by atoms with E-state index in [1.807, 2.05) is 31.4 Å². The Balaban J connectivity index is 1.48. The minimum Gasteiger partial charge on any atom is -0.311 e. The highest BCUT2D eigenvalue weighted by Crippen LogP contribution is 2.31. The van der Waals surface area contributed by atoms with Crippen LogP contribution < -0.4 is 5.56 Å². The van der Waals surface area contributed by atoms with Crippen LogP contribution in [0, 0.1) is 5.82 Å². The van der Waals surface area contributed by atoms with E-state index >= 15 is 0 Å². The minimum atomic E-state index is -4.67. The van der Waals surface area contributed by atoms with Crippen molar-refractivity contribution in [2.75, 3.05) is 0 Å². The van der Waals surface area contributed by atoms with Crippen LogP contribution >= 0.6 is 0 Å². The number of nitrogens with one attached hydrogen (secondary N) is 1. The largest absolute Gasteiger partial charge is 0.416 e. The minimum absolute atomic E-state index is 0.0445. The summed E-state index contributed by atoms with van der Waals surface area (Å²) in [5.41, 5.74) is 2.33. The number of aromatic nitrogens is 5. The van der Waals surface area contributed by atoms with Gasteiger partial charge < -0.3 is 4.57 Å². The lowest BCUT2D eigenvalue weighted by Gasteiger charge is -2.11. The molecule has 0 bridgehead atoms. The molecule has 0 unspecified atom stereocenters. The van der Waals surface area contributed by atoms with Gasteiger partial charge in [0.1, 0.15) is 11.5 Å². The summed E-state index contributed by atoms with van der Waals surface area (Å²) in [5, 5.41) is 12.4.